The van der Waals surface area contributed by atoms with Gasteiger partial charge in [-0.15, -0.1) is 0 Å². The van der Waals surface area contributed by atoms with E-state index in [2.05, 4.69) is 13.5 Å². The molecule has 0 aromatic heterocycles. The molecule has 0 aromatic rings. The molecule has 1 atom stereocenters. The molecule has 0 spiro atoms. The van der Waals surface area contributed by atoms with Crippen molar-refractivity contribution in [3.63, 3.8) is 0 Å². The smallest absolute Gasteiger partial charge is 0.330 e. The van der Waals surface area contributed by atoms with Crippen molar-refractivity contribution in [1.29, 1.82) is 0 Å². The van der Waals surface area contributed by atoms with E-state index in [-0.39, 0.29) is 18.5 Å². The summed E-state index contributed by atoms with van der Waals surface area (Å²) < 4.78 is 5.47. The highest BCUT2D eigenvalue weighted by molar-refractivity contribution is 5.81. The Labute approximate surface area is 154 Å². The highest BCUT2D eigenvalue weighted by Gasteiger charge is 2.12. The van der Waals surface area contributed by atoms with Crippen LogP contribution < -0.4 is 0 Å². The summed E-state index contributed by atoms with van der Waals surface area (Å²) >= 11 is 0. The van der Waals surface area contributed by atoms with Crippen LogP contribution >= 0.6 is 0 Å². The van der Waals surface area contributed by atoms with Crippen LogP contribution in [0.1, 0.15) is 103 Å². The van der Waals surface area contributed by atoms with Gasteiger partial charge in [0, 0.05) is 12.5 Å². The summed E-state index contributed by atoms with van der Waals surface area (Å²) in [5, 5.41) is 8.60. The number of carboxylic acid groups (broad SMARTS) is 1. The molecule has 0 aliphatic heterocycles. The molecule has 0 bridgehead atoms. The van der Waals surface area contributed by atoms with Gasteiger partial charge >= 0.3 is 11.9 Å². The Morgan fingerprint density at radius 2 is 1.36 bits per heavy atom. The van der Waals surface area contributed by atoms with E-state index < -0.39 is 5.97 Å². The number of hydrogen-bond acceptors (Lipinski definition) is 3. The maximum Gasteiger partial charge on any atom is 0.330 e. The van der Waals surface area contributed by atoms with Crippen molar-refractivity contribution in [2.45, 2.75) is 109 Å². The molecule has 0 aliphatic carbocycles. The normalized spacial score (nSPS) is 11.9. The van der Waals surface area contributed by atoms with Crippen molar-refractivity contribution in [1.82, 2.24) is 0 Å². The second-order valence-electron chi connectivity index (χ2n) is 6.87. The van der Waals surface area contributed by atoms with Gasteiger partial charge in [-0.05, 0) is 32.1 Å². The molecule has 0 amide bonds. The molecule has 1 unspecified atom stereocenters. The molecule has 0 saturated heterocycles. The lowest BCUT2D eigenvalue weighted by Crippen LogP contribution is -2.16. The summed E-state index contributed by atoms with van der Waals surface area (Å²) in [7, 11) is 0. The Morgan fingerprint density at radius 1 is 0.880 bits per heavy atom. The van der Waals surface area contributed by atoms with Crippen molar-refractivity contribution in [3.05, 3.63) is 12.7 Å². The molecule has 4 heteroatoms. The molecule has 0 radical (unpaired) electrons. The molecule has 4 nitrogen and oxygen atoms in total. The van der Waals surface area contributed by atoms with Gasteiger partial charge in [-0.1, -0.05) is 71.3 Å². The fourth-order valence-electron chi connectivity index (χ4n) is 2.98. The number of aliphatic carboxylic acids is 1. The molecular formula is C21H38O4. The van der Waals surface area contributed by atoms with Crippen molar-refractivity contribution < 1.29 is 19.4 Å². The van der Waals surface area contributed by atoms with Gasteiger partial charge in [0.25, 0.3) is 0 Å². The Bertz CT molecular complexity index is 352. The van der Waals surface area contributed by atoms with Crippen LogP contribution in [-0.4, -0.2) is 23.1 Å². The third-order valence-electron chi connectivity index (χ3n) is 4.50. The number of rotatable bonds is 18. The van der Waals surface area contributed by atoms with Gasteiger partial charge in [-0.2, -0.15) is 0 Å². The second-order valence-corrected chi connectivity index (χ2v) is 6.87. The van der Waals surface area contributed by atoms with Crippen LogP contribution in [0.15, 0.2) is 12.7 Å². The summed E-state index contributed by atoms with van der Waals surface area (Å²) in [6, 6.07) is 0. The maximum atomic E-state index is 11.5. The summed E-state index contributed by atoms with van der Waals surface area (Å²) in [4.78, 5) is 21.9. The van der Waals surface area contributed by atoms with E-state index in [9.17, 15) is 9.59 Å². The highest BCUT2D eigenvalue weighted by Crippen LogP contribution is 2.17. The van der Waals surface area contributed by atoms with E-state index in [1.807, 2.05) is 0 Å². The molecule has 0 fully saturated rings. The Hall–Kier alpha value is -1.32. The standard InChI is InChI=1S/C21H38O4/c1-3-5-6-7-8-10-13-16-19(25-21(24)4-2)17-14-11-9-12-15-18-20(22)23/h4,19H,2-3,5-18H2,1H3,(H,22,23). The van der Waals surface area contributed by atoms with Crippen molar-refractivity contribution in [2.75, 3.05) is 0 Å². The Balaban J connectivity index is 3.80. The minimum Gasteiger partial charge on any atom is -0.481 e. The molecule has 146 valence electrons. The summed E-state index contributed by atoms with van der Waals surface area (Å²) in [6.45, 7) is 5.70. The SMILES string of the molecule is C=CC(=O)OC(CCCCCCCCC)CCCCCCCC(=O)O. The Kier molecular flexibility index (Phi) is 16.6. The molecule has 1 N–H and O–H groups in total. The quantitative estimate of drug-likeness (QED) is 0.185. The van der Waals surface area contributed by atoms with Gasteiger partial charge in [-0.3, -0.25) is 4.79 Å². The van der Waals surface area contributed by atoms with Crippen LogP contribution in [0, 0.1) is 0 Å². The first kappa shape index (κ1) is 23.7. The van der Waals surface area contributed by atoms with Crippen molar-refractivity contribution in [3.8, 4) is 0 Å². The van der Waals surface area contributed by atoms with Gasteiger partial charge in [0.2, 0.25) is 0 Å². The van der Waals surface area contributed by atoms with Gasteiger partial charge in [0.05, 0.1) is 0 Å². The van der Waals surface area contributed by atoms with Gasteiger partial charge in [-0.25, -0.2) is 4.79 Å². The van der Waals surface area contributed by atoms with Crippen LogP contribution in [0.5, 0.6) is 0 Å². The van der Waals surface area contributed by atoms with Crippen LogP contribution in [0.2, 0.25) is 0 Å². The number of carbonyl (C=O) groups excluding carboxylic acids is 1. The zero-order valence-corrected chi connectivity index (χ0v) is 16.1. The predicted octanol–water partition coefficient (Wildman–Crippen LogP) is 6.04. The van der Waals surface area contributed by atoms with Gasteiger partial charge < -0.3 is 9.84 Å². The van der Waals surface area contributed by atoms with E-state index in [1.54, 1.807) is 0 Å². The van der Waals surface area contributed by atoms with Gasteiger partial charge in [0.15, 0.2) is 0 Å². The number of hydrogen-bond donors (Lipinski definition) is 1. The zero-order valence-electron chi connectivity index (χ0n) is 16.1. The lowest BCUT2D eigenvalue weighted by molar-refractivity contribution is -0.143. The first-order chi connectivity index (χ1) is 12.1. The monoisotopic (exact) mass is 354 g/mol. The van der Waals surface area contributed by atoms with E-state index in [0.29, 0.717) is 0 Å². The molecular weight excluding hydrogens is 316 g/mol. The van der Waals surface area contributed by atoms with Crippen LogP contribution in [0.25, 0.3) is 0 Å². The third-order valence-corrected chi connectivity index (χ3v) is 4.50. The van der Waals surface area contributed by atoms with Gasteiger partial charge in [0.1, 0.15) is 6.10 Å². The average molecular weight is 355 g/mol. The minimum atomic E-state index is -0.717. The Morgan fingerprint density at radius 3 is 1.84 bits per heavy atom. The first-order valence-electron chi connectivity index (χ1n) is 10.1. The van der Waals surface area contributed by atoms with Crippen LogP contribution in [0.3, 0.4) is 0 Å². The second kappa shape index (κ2) is 17.5. The molecule has 25 heavy (non-hydrogen) atoms. The number of carbonyl (C=O) groups is 2. The zero-order chi connectivity index (χ0) is 18.8. The fourth-order valence-corrected chi connectivity index (χ4v) is 2.98. The van der Waals surface area contributed by atoms with E-state index in [4.69, 9.17) is 9.84 Å². The molecule has 0 saturated carbocycles. The molecule has 0 rings (SSSR count). The summed E-state index contributed by atoms with van der Waals surface area (Å²) in [5.74, 6) is -1.04. The summed E-state index contributed by atoms with van der Waals surface area (Å²) in [5.41, 5.74) is 0. The number of unbranched alkanes of at least 4 members (excludes halogenated alkanes) is 10. The molecule has 0 aliphatic rings. The van der Waals surface area contributed by atoms with Crippen molar-refractivity contribution in [2.24, 2.45) is 0 Å². The number of esters is 1. The molecule has 0 aromatic carbocycles. The lowest BCUT2D eigenvalue weighted by Gasteiger charge is -2.17. The number of ether oxygens (including phenoxy) is 1. The van der Waals surface area contributed by atoms with E-state index >= 15 is 0 Å². The van der Waals surface area contributed by atoms with E-state index in [0.717, 1.165) is 51.4 Å². The lowest BCUT2D eigenvalue weighted by atomic mass is 10.0. The minimum absolute atomic E-state index is 0.000149. The molecule has 0 heterocycles. The topological polar surface area (TPSA) is 63.6 Å². The predicted molar refractivity (Wildman–Crippen MR) is 103 cm³/mol. The van der Waals surface area contributed by atoms with E-state index in [1.165, 1.54) is 44.6 Å². The summed E-state index contributed by atoms with van der Waals surface area (Å²) in [6.07, 6.45) is 17.0. The third kappa shape index (κ3) is 17.3. The first-order valence-corrected chi connectivity index (χ1v) is 10.1. The average Bonchev–Trinajstić information content (AvgIpc) is 2.59. The highest BCUT2D eigenvalue weighted by atomic mass is 16.5. The largest absolute Gasteiger partial charge is 0.481 e. The van der Waals surface area contributed by atoms with Crippen molar-refractivity contribution >= 4 is 11.9 Å². The van der Waals surface area contributed by atoms with Crippen LogP contribution in [0.4, 0.5) is 0 Å². The number of carboxylic acids is 1. The maximum absolute atomic E-state index is 11.5. The van der Waals surface area contributed by atoms with Crippen LogP contribution in [-0.2, 0) is 14.3 Å². The fraction of sp³-hybridized carbons (Fsp3) is 0.810.